The van der Waals surface area contributed by atoms with Crippen molar-refractivity contribution in [2.45, 2.75) is 0 Å². The van der Waals surface area contributed by atoms with Gasteiger partial charge in [0.2, 0.25) is 0 Å². The molecular weight excluding hydrogens is 183 g/mol. The van der Waals surface area contributed by atoms with Gasteiger partial charge >= 0.3 is 22.0 Å². The number of hydrogen-bond donors (Lipinski definition) is 0. The van der Waals surface area contributed by atoms with Gasteiger partial charge in [0.1, 0.15) is 4.75 Å². The maximum atomic E-state index is 11.2. The van der Waals surface area contributed by atoms with Crippen LogP contribution < -0.4 is 10.5 Å². The Morgan fingerprint density at radius 2 is 2.00 bits per heavy atom. The van der Waals surface area contributed by atoms with E-state index in [9.17, 15) is 4.79 Å². The third-order valence-electron chi connectivity index (χ3n) is 1.65. The van der Waals surface area contributed by atoms with E-state index < -0.39 is 5.76 Å². The lowest BCUT2D eigenvalue weighted by atomic mass is 10.3. The first-order valence-corrected chi connectivity index (χ1v) is 4.89. The summed E-state index contributed by atoms with van der Waals surface area (Å²) >= 11 is 0.646. The van der Waals surface area contributed by atoms with Gasteiger partial charge in [0.25, 0.3) is 0 Å². The highest BCUT2D eigenvalue weighted by molar-refractivity contribution is 6.27. The van der Waals surface area contributed by atoms with E-state index in [-0.39, 0.29) is 0 Å². The summed E-state index contributed by atoms with van der Waals surface area (Å²) in [6, 6.07) is 9.21. The van der Waals surface area contributed by atoms with Gasteiger partial charge in [-0.05, 0) is 12.1 Å². The Hall–Kier alpha value is -1.31. The van der Waals surface area contributed by atoms with Crippen LogP contribution in [0.2, 0.25) is 0 Å². The largest absolute Gasteiger partial charge is 0.440 e. The molecule has 0 saturated heterocycles. The lowest BCUT2D eigenvalue weighted by Gasteiger charge is -1.94. The Morgan fingerprint density at radius 3 is 2.54 bits per heavy atom. The van der Waals surface area contributed by atoms with Crippen LogP contribution in [-0.2, 0) is 0 Å². The highest BCUT2D eigenvalue weighted by Gasteiger charge is 2.04. The first-order valence-electron chi connectivity index (χ1n) is 3.89. The summed E-state index contributed by atoms with van der Waals surface area (Å²) in [7, 11) is 0. The van der Waals surface area contributed by atoms with E-state index >= 15 is 0 Å². The Labute approximate surface area is 82.2 Å². The lowest BCUT2D eigenvalue weighted by molar-refractivity contribution is 0.530. The molecule has 0 atom stereocenters. The second-order valence-corrected chi connectivity index (χ2v) is 3.49. The molecule has 0 bridgehead atoms. The number of rotatable bonds is 1. The van der Waals surface area contributed by atoms with E-state index in [1.54, 1.807) is 0 Å². The fraction of sp³-hybridized carbons (Fsp3) is 0. The van der Waals surface area contributed by atoms with Gasteiger partial charge in [-0.2, -0.15) is 9.78 Å². The molecule has 2 aromatic rings. The molecule has 13 heavy (non-hydrogen) atoms. The van der Waals surface area contributed by atoms with E-state index in [0.717, 1.165) is 5.69 Å². The number of hydrogen-bond acceptors (Lipinski definition) is 3. The molecule has 1 heterocycles. The fourth-order valence-corrected chi connectivity index (χ4v) is 1.48. The van der Waals surface area contributed by atoms with E-state index in [2.05, 4.69) is 5.10 Å². The summed E-state index contributed by atoms with van der Waals surface area (Å²) in [5, 5.41) is 3.98. The van der Waals surface area contributed by atoms with Gasteiger partial charge < -0.3 is 4.42 Å². The zero-order chi connectivity index (χ0) is 9.26. The standard InChI is InChI=1S/C8H5N2O2.Al.2H/c11-8-10(9-6-12-8)7-4-2-1-3-5-7;;;/h1-5H;;;. The van der Waals surface area contributed by atoms with Crippen molar-refractivity contribution in [3.8, 4) is 5.69 Å². The quantitative estimate of drug-likeness (QED) is 0.546. The third kappa shape index (κ3) is 1.57. The van der Waals surface area contributed by atoms with Crippen molar-refractivity contribution in [1.29, 1.82) is 0 Å². The van der Waals surface area contributed by atoms with Crippen molar-refractivity contribution in [3.63, 3.8) is 0 Å². The minimum atomic E-state index is -0.420. The van der Waals surface area contributed by atoms with Crippen LogP contribution in [0.3, 0.4) is 0 Å². The number of para-hydroxylation sites is 1. The zero-order valence-electron chi connectivity index (χ0n) is 7.10. The van der Waals surface area contributed by atoms with Crippen LogP contribution >= 0.6 is 0 Å². The molecule has 0 radical (unpaired) electrons. The lowest BCUT2D eigenvalue weighted by Crippen LogP contribution is -2.13. The molecule has 5 heteroatoms. The molecule has 0 aliphatic rings. The normalized spacial score (nSPS) is 10.2. The maximum Gasteiger partial charge on any atom is 0.440 e. The summed E-state index contributed by atoms with van der Waals surface area (Å²) in [5.74, 6) is -0.420. The predicted molar refractivity (Wildman–Crippen MR) is 50.3 cm³/mol. The summed E-state index contributed by atoms with van der Waals surface area (Å²) in [6.07, 6.45) is 0. The minimum Gasteiger partial charge on any atom is -0.413 e. The third-order valence-corrected chi connectivity index (χ3v) is 2.05. The van der Waals surface area contributed by atoms with Crippen molar-refractivity contribution < 1.29 is 4.42 Å². The van der Waals surface area contributed by atoms with Crippen molar-refractivity contribution >= 4 is 21.0 Å². The molecule has 0 aliphatic carbocycles. The Morgan fingerprint density at radius 1 is 1.31 bits per heavy atom. The van der Waals surface area contributed by atoms with Gasteiger partial charge in [-0.15, -0.1) is 0 Å². The van der Waals surface area contributed by atoms with Crippen molar-refractivity contribution in [3.05, 3.63) is 40.9 Å². The average Bonchev–Trinajstić information content (AvgIpc) is 2.47. The van der Waals surface area contributed by atoms with Crippen LogP contribution in [-0.4, -0.2) is 26.1 Å². The molecule has 0 unspecified atom stereocenters. The van der Waals surface area contributed by atoms with Crippen LogP contribution in [0, 0.1) is 0 Å². The monoisotopic (exact) mass is 190 g/mol. The summed E-state index contributed by atoms with van der Waals surface area (Å²) in [5.41, 5.74) is 0.735. The maximum absolute atomic E-state index is 11.2. The van der Waals surface area contributed by atoms with E-state index in [1.165, 1.54) is 4.68 Å². The Bertz CT molecular complexity index is 460. The molecule has 0 N–H and O–H groups in total. The van der Waals surface area contributed by atoms with Gasteiger partial charge in [0.15, 0.2) is 0 Å². The molecule has 1 aromatic heterocycles. The summed E-state index contributed by atoms with van der Waals surface area (Å²) in [4.78, 5) is 11.2. The van der Waals surface area contributed by atoms with Crippen molar-refractivity contribution in [2.75, 3.05) is 0 Å². The number of benzene rings is 1. The second-order valence-electron chi connectivity index (χ2n) is 2.63. The zero-order valence-corrected chi connectivity index (χ0v) is 9.10. The molecule has 0 amide bonds. The molecule has 64 valence electrons. The Balaban J connectivity index is 2.59. The molecule has 2 rings (SSSR count). The van der Waals surface area contributed by atoms with Gasteiger partial charge in [0.05, 0.1) is 5.69 Å². The van der Waals surface area contributed by atoms with Crippen LogP contribution in [0.4, 0.5) is 0 Å². The molecule has 1 aromatic carbocycles. The highest BCUT2D eigenvalue weighted by atomic mass is 27.0. The molecule has 0 spiro atoms. The van der Waals surface area contributed by atoms with Crippen LogP contribution in [0.1, 0.15) is 0 Å². The summed E-state index contributed by atoms with van der Waals surface area (Å²) in [6.45, 7) is 0. The van der Waals surface area contributed by atoms with E-state index in [1.807, 2.05) is 30.3 Å². The topological polar surface area (TPSA) is 48.0 Å². The smallest absolute Gasteiger partial charge is 0.413 e. The van der Waals surface area contributed by atoms with Gasteiger partial charge in [-0.25, -0.2) is 4.79 Å². The SMILES string of the molecule is O=c1o[c]([AlH2])nn1-c1ccccc1. The van der Waals surface area contributed by atoms with Gasteiger partial charge in [0, 0.05) is 0 Å². The van der Waals surface area contributed by atoms with Gasteiger partial charge in [-0.1, -0.05) is 18.2 Å². The minimum absolute atomic E-state index is 0.420. The van der Waals surface area contributed by atoms with Gasteiger partial charge in [-0.3, -0.25) is 0 Å². The number of nitrogens with zero attached hydrogens (tertiary/aromatic N) is 2. The van der Waals surface area contributed by atoms with E-state index in [0.29, 0.717) is 21.0 Å². The second kappa shape index (κ2) is 3.21. The average molecular weight is 190 g/mol. The Kier molecular flexibility index (Phi) is 2.05. The van der Waals surface area contributed by atoms with E-state index in [4.69, 9.17) is 4.42 Å². The molecule has 0 fully saturated rings. The van der Waals surface area contributed by atoms with Crippen LogP contribution in [0.25, 0.3) is 5.69 Å². The molecule has 4 nitrogen and oxygen atoms in total. The molecule has 0 saturated carbocycles. The summed E-state index contributed by atoms with van der Waals surface area (Å²) < 4.78 is 6.60. The van der Waals surface area contributed by atoms with Crippen LogP contribution in [0.15, 0.2) is 39.5 Å². The van der Waals surface area contributed by atoms with Crippen molar-refractivity contribution in [1.82, 2.24) is 9.78 Å². The fourth-order valence-electron chi connectivity index (χ4n) is 1.10. The molecule has 0 aliphatic heterocycles. The first kappa shape index (κ1) is 8.30. The number of aromatic nitrogens is 2. The first-order chi connectivity index (χ1) is 6.27. The van der Waals surface area contributed by atoms with Crippen LogP contribution in [0.5, 0.6) is 0 Å². The highest BCUT2D eigenvalue weighted by Crippen LogP contribution is 2.00. The van der Waals surface area contributed by atoms with Crippen molar-refractivity contribution in [2.24, 2.45) is 0 Å². The molecular formula is C8H7AlN2O2. The predicted octanol–water partition coefficient (Wildman–Crippen LogP) is -0.916.